The summed E-state index contributed by atoms with van der Waals surface area (Å²) in [5.41, 5.74) is 5.95. The first kappa shape index (κ1) is 27.7. The molecule has 39 heavy (non-hydrogen) atoms. The topological polar surface area (TPSA) is 104 Å². The van der Waals surface area contributed by atoms with Crippen molar-refractivity contribution in [3.63, 3.8) is 0 Å². The van der Waals surface area contributed by atoms with Gasteiger partial charge in [0.05, 0.1) is 35.6 Å². The molecule has 0 fully saturated rings. The fraction of sp³-hybridized carbons (Fsp3) is 0.379. The van der Waals surface area contributed by atoms with Gasteiger partial charge in [-0.25, -0.2) is 9.36 Å². The van der Waals surface area contributed by atoms with E-state index in [1.807, 2.05) is 104 Å². The number of rotatable bonds is 0. The molecule has 0 N–H and O–H groups in total. The summed E-state index contributed by atoms with van der Waals surface area (Å²) in [6.07, 6.45) is 0.785. The van der Waals surface area contributed by atoms with Crippen LogP contribution in [0.1, 0.15) is 50.2 Å². The molecule has 4 aromatic rings. The molecule has 0 aliphatic carbocycles. The summed E-state index contributed by atoms with van der Waals surface area (Å²) in [5.74, 6) is -0.240. The van der Waals surface area contributed by atoms with E-state index in [0.717, 1.165) is 22.5 Å². The highest BCUT2D eigenvalue weighted by atomic mass is 16.7. The minimum Gasteiger partial charge on any atom is -0.432 e. The third-order valence-corrected chi connectivity index (χ3v) is 6.26. The van der Waals surface area contributed by atoms with Crippen molar-refractivity contribution in [3.8, 4) is 11.8 Å². The van der Waals surface area contributed by atoms with Crippen LogP contribution in [0.15, 0.2) is 69.0 Å². The van der Waals surface area contributed by atoms with Gasteiger partial charge in [0.2, 0.25) is 11.8 Å². The molecule has 0 atom stereocenters. The average molecular weight is 529 g/mol. The normalized spacial score (nSPS) is 16.8. The minimum absolute atomic E-state index is 0.393. The lowest BCUT2D eigenvalue weighted by atomic mass is 9.95. The van der Waals surface area contributed by atoms with Crippen molar-refractivity contribution < 1.29 is 9.47 Å². The van der Waals surface area contributed by atoms with Crippen molar-refractivity contribution in [2.45, 2.75) is 60.2 Å². The predicted octanol–water partition coefficient (Wildman–Crippen LogP) is 7.92. The van der Waals surface area contributed by atoms with E-state index in [1.54, 1.807) is 9.36 Å². The molecule has 6 rings (SSSR count). The Bertz CT molecular complexity index is 1400. The largest absolute Gasteiger partial charge is 0.432 e. The molecule has 0 unspecified atom stereocenters. The van der Waals surface area contributed by atoms with Crippen LogP contribution in [-0.2, 0) is 26.9 Å². The summed E-state index contributed by atoms with van der Waals surface area (Å²) < 4.78 is 17.0. The van der Waals surface area contributed by atoms with Crippen molar-refractivity contribution in [2.24, 2.45) is 34.6 Å². The van der Waals surface area contributed by atoms with E-state index in [2.05, 4.69) is 30.7 Å². The highest BCUT2D eigenvalue weighted by molar-refractivity contribution is 5.57. The molecule has 1 spiro atoms. The van der Waals surface area contributed by atoms with Crippen molar-refractivity contribution in [3.05, 3.63) is 71.0 Å². The number of nitrogens with zero attached hydrogens (tertiary/aromatic N) is 8. The molecular weight excluding hydrogens is 492 g/mol. The number of aromatic nitrogens is 4. The average Bonchev–Trinajstić information content (AvgIpc) is 3.40. The number of fused-ring (bicyclic) bond motifs is 4. The second-order valence-corrected chi connectivity index (χ2v) is 8.85. The maximum absolute atomic E-state index is 6.82. The summed E-state index contributed by atoms with van der Waals surface area (Å²) in [6.45, 7) is 11.8. The van der Waals surface area contributed by atoms with Crippen molar-refractivity contribution in [2.75, 3.05) is 0 Å². The first-order valence-electron chi connectivity index (χ1n) is 13.4. The van der Waals surface area contributed by atoms with E-state index in [9.17, 15) is 0 Å². The Labute approximate surface area is 229 Å². The van der Waals surface area contributed by atoms with Gasteiger partial charge in [-0.2, -0.15) is 20.4 Å². The Morgan fingerprint density at radius 2 is 1.00 bits per heavy atom. The Kier molecular flexibility index (Phi) is 8.23. The Hall–Kier alpha value is -4.34. The van der Waals surface area contributed by atoms with E-state index in [4.69, 9.17) is 9.47 Å². The van der Waals surface area contributed by atoms with Crippen LogP contribution in [0.2, 0.25) is 0 Å². The van der Waals surface area contributed by atoms with Crippen molar-refractivity contribution >= 4 is 22.7 Å². The maximum Gasteiger partial charge on any atom is 0.263 e. The number of hydrogen-bond donors (Lipinski definition) is 0. The lowest BCUT2D eigenvalue weighted by molar-refractivity contribution is -0.120. The minimum atomic E-state index is -1.19. The molecule has 2 aliphatic heterocycles. The number of ether oxygens (including phenoxy) is 2. The van der Waals surface area contributed by atoms with Crippen molar-refractivity contribution in [1.82, 2.24) is 19.6 Å². The van der Waals surface area contributed by atoms with E-state index >= 15 is 0 Å². The van der Waals surface area contributed by atoms with E-state index < -0.39 is 5.79 Å². The Morgan fingerprint density at radius 1 is 0.615 bits per heavy atom. The van der Waals surface area contributed by atoms with Crippen LogP contribution >= 0.6 is 0 Å². The Morgan fingerprint density at radius 3 is 1.41 bits per heavy atom. The summed E-state index contributed by atoms with van der Waals surface area (Å²) in [4.78, 5) is 0. The van der Waals surface area contributed by atoms with Gasteiger partial charge in [0.1, 0.15) is 0 Å². The quantitative estimate of drug-likeness (QED) is 0.231. The fourth-order valence-electron chi connectivity index (χ4n) is 4.59. The highest BCUT2D eigenvalue weighted by Gasteiger charge is 2.42. The molecule has 2 aromatic heterocycles. The fourth-order valence-corrected chi connectivity index (χ4v) is 4.59. The first-order chi connectivity index (χ1) is 18.9. The number of aryl methyl sites for hydroxylation is 4. The zero-order chi connectivity index (χ0) is 28.2. The molecular formula is C29H36N8O2. The molecule has 204 valence electrons. The molecule has 0 saturated carbocycles. The molecule has 0 amide bonds. The molecule has 4 heterocycles. The standard InChI is InChI=1S/C25H24N8O2.2C2H6/c1-15-21-23(32(3)30-15)34-25(13-17-9-5-7-11-19(17)26-28-21)14-18-10-6-8-12-20(18)27-29-22-16(2)31-33(4)24(22)35-25;2*1-2/h5-12H,13-14H2,1-4H3;2*1-2H3. The first-order valence-corrected chi connectivity index (χ1v) is 13.4. The third kappa shape index (κ3) is 5.32. The van der Waals surface area contributed by atoms with Crippen LogP contribution in [0.4, 0.5) is 22.7 Å². The third-order valence-electron chi connectivity index (χ3n) is 6.26. The van der Waals surface area contributed by atoms with Gasteiger partial charge in [-0.05, 0) is 37.1 Å². The monoisotopic (exact) mass is 528 g/mol. The number of azo groups is 2. The second kappa shape index (κ2) is 11.6. The van der Waals surface area contributed by atoms with Crippen LogP contribution in [0.5, 0.6) is 11.8 Å². The molecule has 0 bridgehead atoms. The van der Waals surface area contributed by atoms with Crippen LogP contribution in [0, 0.1) is 13.8 Å². The van der Waals surface area contributed by atoms with Gasteiger partial charge in [0.15, 0.2) is 11.4 Å². The van der Waals surface area contributed by atoms with Gasteiger partial charge in [0.25, 0.3) is 5.79 Å². The van der Waals surface area contributed by atoms with Crippen LogP contribution in [0.3, 0.4) is 0 Å². The smallest absolute Gasteiger partial charge is 0.263 e. The molecule has 2 aliphatic rings. The lowest BCUT2D eigenvalue weighted by Gasteiger charge is -2.34. The van der Waals surface area contributed by atoms with Crippen LogP contribution < -0.4 is 9.47 Å². The highest BCUT2D eigenvalue weighted by Crippen LogP contribution is 2.44. The number of hydrogen-bond acceptors (Lipinski definition) is 8. The van der Waals surface area contributed by atoms with E-state index in [1.165, 1.54) is 0 Å². The molecule has 0 radical (unpaired) electrons. The van der Waals surface area contributed by atoms with Gasteiger partial charge in [-0.15, -0.1) is 10.2 Å². The summed E-state index contributed by atoms with van der Waals surface area (Å²) in [6, 6.07) is 15.8. The predicted molar refractivity (Wildman–Crippen MR) is 151 cm³/mol. The molecule has 10 heteroatoms. The Balaban J connectivity index is 0.000000845. The number of benzene rings is 2. The van der Waals surface area contributed by atoms with Gasteiger partial charge >= 0.3 is 0 Å². The van der Waals surface area contributed by atoms with Crippen LogP contribution in [-0.4, -0.2) is 25.3 Å². The lowest BCUT2D eigenvalue weighted by Crippen LogP contribution is -2.47. The molecule has 2 aromatic carbocycles. The second-order valence-electron chi connectivity index (χ2n) is 8.85. The van der Waals surface area contributed by atoms with Gasteiger partial charge in [-0.3, -0.25) is 0 Å². The van der Waals surface area contributed by atoms with Gasteiger partial charge in [-0.1, -0.05) is 64.1 Å². The zero-order valence-electron chi connectivity index (χ0n) is 23.9. The van der Waals surface area contributed by atoms with Crippen molar-refractivity contribution in [1.29, 1.82) is 0 Å². The summed E-state index contributed by atoms with van der Waals surface area (Å²) in [5, 5.41) is 27.2. The van der Waals surface area contributed by atoms with E-state index in [0.29, 0.717) is 47.4 Å². The van der Waals surface area contributed by atoms with Gasteiger partial charge in [0, 0.05) is 14.1 Å². The van der Waals surface area contributed by atoms with Crippen LogP contribution in [0.25, 0.3) is 0 Å². The maximum atomic E-state index is 6.82. The molecule has 0 saturated heterocycles. The summed E-state index contributed by atoms with van der Waals surface area (Å²) >= 11 is 0. The van der Waals surface area contributed by atoms with E-state index in [-0.39, 0.29) is 0 Å². The van der Waals surface area contributed by atoms with Gasteiger partial charge < -0.3 is 9.47 Å². The summed E-state index contributed by atoms with van der Waals surface area (Å²) in [7, 11) is 3.65. The SMILES string of the molecule is CC.CC.Cc1nn(C)c2c1N=Nc1ccccc1CC1(Cc3ccccc3N=Nc3c(C)nn(C)c3O1)O2. The zero-order valence-corrected chi connectivity index (χ0v) is 23.9. The molecule has 10 nitrogen and oxygen atoms in total.